The molecule has 2 aromatic rings. The van der Waals surface area contributed by atoms with Gasteiger partial charge in [-0.15, -0.1) is 0 Å². The maximum atomic E-state index is 5.69. The van der Waals surface area contributed by atoms with Gasteiger partial charge in [0.2, 0.25) is 0 Å². The van der Waals surface area contributed by atoms with Crippen molar-refractivity contribution in [2.45, 2.75) is 39.0 Å². The molecule has 1 aliphatic rings. The van der Waals surface area contributed by atoms with E-state index in [4.69, 9.17) is 4.74 Å². The zero-order chi connectivity index (χ0) is 13.8. The topological polar surface area (TPSA) is 47.0 Å². The minimum Gasteiger partial charge on any atom is -0.486 e. The minimum atomic E-state index is 0.405. The molecule has 4 nitrogen and oxygen atoms in total. The maximum absolute atomic E-state index is 5.69. The number of benzene rings is 1. The normalized spacial score (nSPS) is 14.2. The van der Waals surface area contributed by atoms with E-state index in [1.54, 1.807) is 0 Å². The molecule has 1 aromatic heterocycles. The molecule has 1 heterocycles. The third-order valence-electron chi connectivity index (χ3n) is 3.21. The number of ether oxygens (including phenoxy) is 1. The van der Waals surface area contributed by atoms with Crippen LogP contribution >= 0.6 is 0 Å². The van der Waals surface area contributed by atoms with Gasteiger partial charge in [0.05, 0.1) is 5.69 Å². The Kier molecular flexibility index (Phi) is 3.92. The summed E-state index contributed by atoms with van der Waals surface area (Å²) in [5.74, 6) is 1.58. The second kappa shape index (κ2) is 6.01. The number of aryl methyl sites for hydroxylation is 1. The van der Waals surface area contributed by atoms with Crippen molar-refractivity contribution in [1.82, 2.24) is 15.3 Å². The fourth-order valence-corrected chi connectivity index (χ4v) is 2.06. The molecule has 1 aliphatic carbocycles. The monoisotopic (exact) mass is 269 g/mol. The first-order valence-electron chi connectivity index (χ1n) is 7.04. The summed E-state index contributed by atoms with van der Waals surface area (Å²) in [6.45, 7) is 3.21. The van der Waals surface area contributed by atoms with Crippen molar-refractivity contribution in [3.63, 3.8) is 0 Å². The Morgan fingerprint density at radius 1 is 1.20 bits per heavy atom. The summed E-state index contributed by atoms with van der Waals surface area (Å²) < 4.78 is 5.69. The van der Waals surface area contributed by atoms with E-state index >= 15 is 0 Å². The lowest BCUT2D eigenvalue weighted by atomic mass is 10.3. The van der Waals surface area contributed by atoms with Crippen LogP contribution in [0.2, 0.25) is 0 Å². The molecule has 0 aliphatic heterocycles. The first-order valence-corrected chi connectivity index (χ1v) is 7.04. The van der Waals surface area contributed by atoms with E-state index in [-0.39, 0.29) is 0 Å². The average molecular weight is 269 g/mol. The van der Waals surface area contributed by atoms with E-state index < -0.39 is 0 Å². The summed E-state index contributed by atoms with van der Waals surface area (Å²) in [6.07, 6.45) is 2.57. The van der Waals surface area contributed by atoms with Gasteiger partial charge in [-0.25, -0.2) is 9.97 Å². The molecule has 1 saturated carbocycles. The predicted octanol–water partition coefficient (Wildman–Crippen LogP) is 2.62. The van der Waals surface area contributed by atoms with Crippen molar-refractivity contribution in [3.8, 4) is 5.75 Å². The van der Waals surface area contributed by atoms with Crippen LogP contribution in [0, 0.1) is 6.92 Å². The van der Waals surface area contributed by atoms with Gasteiger partial charge >= 0.3 is 0 Å². The Bertz CT molecular complexity index is 567. The highest BCUT2D eigenvalue weighted by Crippen LogP contribution is 2.19. The van der Waals surface area contributed by atoms with E-state index in [2.05, 4.69) is 15.3 Å². The van der Waals surface area contributed by atoms with Crippen molar-refractivity contribution < 1.29 is 4.74 Å². The zero-order valence-electron chi connectivity index (χ0n) is 11.7. The Morgan fingerprint density at radius 2 is 2.00 bits per heavy atom. The van der Waals surface area contributed by atoms with Gasteiger partial charge in [-0.1, -0.05) is 18.2 Å². The lowest BCUT2D eigenvalue weighted by Crippen LogP contribution is -2.17. The van der Waals surface area contributed by atoms with Crippen LogP contribution in [-0.2, 0) is 13.2 Å². The van der Waals surface area contributed by atoms with Gasteiger partial charge in [0.1, 0.15) is 12.4 Å². The second-order valence-corrected chi connectivity index (χ2v) is 5.17. The van der Waals surface area contributed by atoms with Crippen molar-refractivity contribution in [2.75, 3.05) is 0 Å². The molecule has 0 spiro atoms. The van der Waals surface area contributed by atoms with Crippen LogP contribution in [0.4, 0.5) is 0 Å². The van der Waals surface area contributed by atoms with Crippen LogP contribution in [0.15, 0.2) is 36.4 Å². The highest BCUT2D eigenvalue weighted by molar-refractivity contribution is 5.21. The fourth-order valence-electron chi connectivity index (χ4n) is 2.06. The van der Waals surface area contributed by atoms with Gasteiger partial charge in [-0.3, -0.25) is 0 Å². The minimum absolute atomic E-state index is 0.405. The summed E-state index contributed by atoms with van der Waals surface area (Å²) in [7, 11) is 0. The molecular formula is C16H19N3O. The Labute approximate surface area is 119 Å². The zero-order valence-corrected chi connectivity index (χ0v) is 11.7. The summed E-state index contributed by atoms with van der Waals surface area (Å²) in [5, 5.41) is 3.47. The predicted molar refractivity (Wildman–Crippen MR) is 77.4 cm³/mol. The third kappa shape index (κ3) is 3.78. The smallest absolute Gasteiger partial charge is 0.166 e. The lowest BCUT2D eigenvalue weighted by molar-refractivity contribution is 0.295. The van der Waals surface area contributed by atoms with Crippen molar-refractivity contribution >= 4 is 0 Å². The van der Waals surface area contributed by atoms with Crippen molar-refractivity contribution in [1.29, 1.82) is 0 Å². The lowest BCUT2D eigenvalue weighted by Gasteiger charge is -2.08. The molecular weight excluding hydrogens is 250 g/mol. The molecule has 0 unspecified atom stereocenters. The Morgan fingerprint density at radius 3 is 2.75 bits per heavy atom. The molecule has 104 valence electrons. The van der Waals surface area contributed by atoms with Crippen LogP contribution < -0.4 is 10.1 Å². The number of hydrogen-bond acceptors (Lipinski definition) is 4. The number of hydrogen-bond donors (Lipinski definition) is 1. The van der Waals surface area contributed by atoms with Crippen molar-refractivity contribution in [2.24, 2.45) is 0 Å². The van der Waals surface area contributed by atoms with E-state index in [1.165, 1.54) is 12.8 Å². The van der Waals surface area contributed by atoms with Gasteiger partial charge < -0.3 is 10.1 Å². The Hall–Kier alpha value is -1.94. The molecule has 0 saturated heterocycles. The van der Waals surface area contributed by atoms with Crippen LogP contribution in [0.3, 0.4) is 0 Å². The first kappa shape index (κ1) is 13.1. The third-order valence-corrected chi connectivity index (χ3v) is 3.21. The molecule has 0 amide bonds. The summed E-state index contributed by atoms with van der Waals surface area (Å²) in [4.78, 5) is 8.98. The highest BCUT2D eigenvalue weighted by Gasteiger charge is 2.20. The highest BCUT2D eigenvalue weighted by atomic mass is 16.5. The Balaban J connectivity index is 1.62. The maximum Gasteiger partial charge on any atom is 0.166 e. The largest absolute Gasteiger partial charge is 0.486 e. The number of aromatic nitrogens is 2. The van der Waals surface area contributed by atoms with Crippen LogP contribution in [0.1, 0.15) is 30.1 Å². The van der Waals surface area contributed by atoms with Gasteiger partial charge in [0, 0.05) is 18.3 Å². The molecule has 3 rings (SSSR count). The fraction of sp³-hybridized carbons (Fsp3) is 0.375. The second-order valence-electron chi connectivity index (χ2n) is 5.17. The summed E-state index contributed by atoms with van der Waals surface area (Å²) >= 11 is 0. The quantitative estimate of drug-likeness (QED) is 0.875. The molecule has 4 heteroatoms. The molecule has 1 N–H and O–H groups in total. The molecule has 0 bridgehead atoms. The van der Waals surface area contributed by atoms with Gasteiger partial charge in [-0.2, -0.15) is 0 Å². The number of nitrogens with one attached hydrogen (secondary N) is 1. The van der Waals surface area contributed by atoms with E-state index in [0.29, 0.717) is 12.6 Å². The van der Waals surface area contributed by atoms with Gasteiger partial charge in [-0.05, 0) is 38.0 Å². The SMILES string of the molecule is Cc1cc(CNC2CC2)nc(COc2ccccc2)n1. The molecule has 20 heavy (non-hydrogen) atoms. The standard InChI is InChI=1S/C16H19N3O/c1-12-9-14(10-17-13-7-8-13)19-16(18-12)11-20-15-5-3-2-4-6-15/h2-6,9,13,17H,7-8,10-11H2,1H3. The average Bonchev–Trinajstić information content (AvgIpc) is 3.28. The van der Waals surface area contributed by atoms with E-state index in [0.717, 1.165) is 29.5 Å². The summed E-state index contributed by atoms with van der Waals surface area (Å²) in [5.41, 5.74) is 2.02. The van der Waals surface area contributed by atoms with Gasteiger partial charge in [0.15, 0.2) is 5.82 Å². The number of nitrogens with zero attached hydrogens (tertiary/aromatic N) is 2. The van der Waals surface area contributed by atoms with E-state index in [1.807, 2.05) is 43.3 Å². The van der Waals surface area contributed by atoms with Crippen LogP contribution in [0.5, 0.6) is 5.75 Å². The van der Waals surface area contributed by atoms with Gasteiger partial charge in [0.25, 0.3) is 0 Å². The molecule has 1 aromatic carbocycles. The van der Waals surface area contributed by atoms with Crippen LogP contribution in [0.25, 0.3) is 0 Å². The first-order chi connectivity index (χ1) is 9.79. The number of para-hydroxylation sites is 1. The summed E-state index contributed by atoms with van der Waals surface area (Å²) in [6, 6.07) is 12.5. The van der Waals surface area contributed by atoms with Crippen LogP contribution in [-0.4, -0.2) is 16.0 Å². The van der Waals surface area contributed by atoms with Crippen molar-refractivity contribution in [3.05, 3.63) is 53.6 Å². The van der Waals surface area contributed by atoms with E-state index in [9.17, 15) is 0 Å². The molecule has 0 radical (unpaired) electrons. The molecule has 0 atom stereocenters. The number of rotatable bonds is 6. The molecule has 1 fully saturated rings.